The summed E-state index contributed by atoms with van der Waals surface area (Å²) >= 11 is 0. The molecule has 0 saturated heterocycles. The van der Waals surface area contributed by atoms with Gasteiger partial charge in [-0.3, -0.25) is 9.78 Å². The van der Waals surface area contributed by atoms with Crippen LogP contribution >= 0.6 is 0 Å². The Morgan fingerprint density at radius 1 is 1.22 bits per heavy atom. The molecule has 0 spiro atoms. The smallest absolute Gasteiger partial charge is 0.253 e. The van der Waals surface area contributed by atoms with Crippen LogP contribution < -0.4 is 5.32 Å². The predicted molar refractivity (Wildman–Crippen MR) is 69.2 cm³/mol. The van der Waals surface area contributed by atoms with Gasteiger partial charge in [-0.25, -0.2) is 0 Å². The highest BCUT2D eigenvalue weighted by molar-refractivity contribution is 5.94. The summed E-state index contributed by atoms with van der Waals surface area (Å²) in [6, 6.07) is 12.0. The first-order valence-electron chi connectivity index (χ1n) is 6.13. The Hall–Kier alpha value is -2.16. The van der Waals surface area contributed by atoms with E-state index in [1.807, 2.05) is 12.1 Å². The lowest BCUT2D eigenvalue weighted by Crippen LogP contribution is -2.27. The fourth-order valence-electron chi connectivity index (χ4n) is 2.45. The summed E-state index contributed by atoms with van der Waals surface area (Å²) in [4.78, 5) is 16.0. The monoisotopic (exact) mass is 238 g/mol. The SMILES string of the molecule is O=C(NC1CCc2ccccc21)c1cccnc1. The van der Waals surface area contributed by atoms with E-state index in [9.17, 15) is 4.79 Å². The Morgan fingerprint density at radius 3 is 2.94 bits per heavy atom. The molecule has 18 heavy (non-hydrogen) atoms. The van der Waals surface area contributed by atoms with E-state index in [0.29, 0.717) is 5.56 Å². The number of nitrogens with zero attached hydrogens (tertiary/aromatic N) is 1. The van der Waals surface area contributed by atoms with Crippen molar-refractivity contribution in [1.82, 2.24) is 10.3 Å². The summed E-state index contributed by atoms with van der Waals surface area (Å²) < 4.78 is 0. The van der Waals surface area contributed by atoms with Crippen LogP contribution in [0.5, 0.6) is 0 Å². The number of carbonyl (C=O) groups is 1. The Bertz CT molecular complexity index is 566. The maximum atomic E-state index is 12.1. The van der Waals surface area contributed by atoms with Crippen molar-refractivity contribution in [3.05, 3.63) is 65.5 Å². The summed E-state index contributed by atoms with van der Waals surface area (Å²) in [5.74, 6) is -0.0511. The average Bonchev–Trinajstić information content (AvgIpc) is 2.83. The molecule has 1 aliphatic carbocycles. The first kappa shape index (κ1) is 11.0. The Morgan fingerprint density at radius 2 is 2.11 bits per heavy atom. The Kier molecular flexibility index (Phi) is 2.81. The van der Waals surface area contributed by atoms with Gasteiger partial charge in [0.1, 0.15) is 0 Å². The maximum Gasteiger partial charge on any atom is 0.253 e. The number of rotatable bonds is 2. The second kappa shape index (κ2) is 4.61. The molecule has 90 valence electrons. The van der Waals surface area contributed by atoms with Crippen molar-refractivity contribution < 1.29 is 4.79 Å². The molecule has 3 rings (SSSR count). The van der Waals surface area contributed by atoms with Crippen LogP contribution in [0.15, 0.2) is 48.8 Å². The number of fused-ring (bicyclic) bond motifs is 1. The van der Waals surface area contributed by atoms with Crippen molar-refractivity contribution in [2.75, 3.05) is 0 Å². The number of pyridine rings is 1. The molecule has 1 N–H and O–H groups in total. The number of amides is 1. The number of hydrogen-bond donors (Lipinski definition) is 1. The molecule has 0 radical (unpaired) electrons. The van der Waals surface area contributed by atoms with Crippen LogP contribution in [-0.2, 0) is 6.42 Å². The highest BCUT2D eigenvalue weighted by Gasteiger charge is 2.23. The van der Waals surface area contributed by atoms with Crippen LogP contribution in [0.25, 0.3) is 0 Å². The second-order valence-electron chi connectivity index (χ2n) is 4.51. The van der Waals surface area contributed by atoms with Crippen LogP contribution in [-0.4, -0.2) is 10.9 Å². The van der Waals surface area contributed by atoms with Gasteiger partial charge in [-0.2, -0.15) is 0 Å². The molecule has 3 heteroatoms. The van der Waals surface area contributed by atoms with Crippen LogP contribution in [0.2, 0.25) is 0 Å². The molecule has 1 aliphatic rings. The minimum Gasteiger partial charge on any atom is -0.345 e. The summed E-state index contributed by atoms with van der Waals surface area (Å²) in [5, 5.41) is 3.07. The van der Waals surface area contributed by atoms with E-state index in [4.69, 9.17) is 0 Å². The van der Waals surface area contributed by atoms with E-state index in [-0.39, 0.29) is 11.9 Å². The molecule has 3 nitrogen and oxygen atoms in total. The van der Waals surface area contributed by atoms with Crippen LogP contribution in [0.1, 0.15) is 33.9 Å². The van der Waals surface area contributed by atoms with Crippen molar-refractivity contribution in [2.24, 2.45) is 0 Å². The van der Waals surface area contributed by atoms with Crippen molar-refractivity contribution in [3.63, 3.8) is 0 Å². The maximum absolute atomic E-state index is 12.1. The van der Waals surface area contributed by atoms with Crippen molar-refractivity contribution >= 4 is 5.91 Å². The highest BCUT2D eigenvalue weighted by atomic mass is 16.1. The van der Waals surface area contributed by atoms with Crippen molar-refractivity contribution in [2.45, 2.75) is 18.9 Å². The third-order valence-corrected chi connectivity index (χ3v) is 3.36. The molecular formula is C15H14N2O. The summed E-state index contributed by atoms with van der Waals surface area (Å²) in [5.41, 5.74) is 3.20. The zero-order chi connectivity index (χ0) is 12.4. The van der Waals surface area contributed by atoms with Crippen molar-refractivity contribution in [3.8, 4) is 0 Å². The lowest BCUT2D eigenvalue weighted by atomic mass is 10.1. The van der Waals surface area contributed by atoms with Gasteiger partial charge in [0, 0.05) is 12.4 Å². The molecule has 1 atom stereocenters. The molecule has 1 aromatic carbocycles. The number of hydrogen-bond acceptors (Lipinski definition) is 2. The molecule has 2 aromatic rings. The van der Waals surface area contributed by atoms with Gasteiger partial charge in [0.15, 0.2) is 0 Å². The molecule has 0 aliphatic heterocycles. The molecule has 0 fully saturated rings. The zero-order valence-corrected chi connectivity index (χ0v) is 9.97. The Labute approximate surface area is 106 Å². The minimum absolute atomic E-state index is 0.0511. The predicted octanol–water partition coefficient (Wildman–Crippen LogP) is 2.50. The molecule has 0 saturated carbocycles. The van der Waals surface area contributed by atoms with Crippen LogP contribution in [0.3, 0.4) is 0 Å². The van der Waals surface area contributed by atoms with E-state index in [0.717, 1.165) is 12.8 Å². The van der Waals surface area contributed by atoms with Gasteiger partial charge >= 0.3 is 0 Å². The number of aryl methyl sites for hydroxylation is 1. The number of nitrogens with one attached hydrogen (secondary N) is 1. The molecule has 1 amide bonds. The topological polar surface area (TPSA) is 42.0 Å². The fourth-order valence-corrected chi connectivity index (χ4v) is 2.45. The number of carbonyl (C=O) groups excluding carboxylic acids is 1. The lowest BCUT2D eigenvalue weighted by Gasteiger charge is -2.13. The average molecular weight is 238 g/mol. The third kappa shape index (κ3) is 1.99. The van der Waals surface area contributed by atoms with Gasteiger partial charge in [0.2, 0.25) is 0 Å². The van der Waals surface area contributed by atoms with Gasteiger partial charge in [-0.1, -0.05) is 24.3 Å². The number of benzene rings is 1. The van der Waals surface area contributed by atoms with Gasteiger partial charge in [0.05, 0.1) is 11.6 Å². The summed E-state index contributed by atoms with van der Waals surface area (Å²) in [6.45, 7) is 0. The minimum atomic E-state index is -0.0511. The lowest BCUT2D eigenvalue weighted by molar-refractivity contribution is 0.0936. The normalized spacial score (nSPS) is 17.2. The summed E-state index contributed by atoms with van der Waals surface area (Å²) in [6.07, 6.45) is 5.28. The largest absolute Gasteiger partial charge is 0.345 e. The van der Waals surface area contributed by atoms with Gasteiger partial charge < -0.3 is 5.32 Å². The first-order valence-corrected chi connectivity index (χ1v) is 6.13. The molecule has 1 unspecified atom stereocenters. The molecule has 0 bridgehead atoms. The highest BCUT2D eigenvalue weighted by Crippen LogP contribution is 2.30. The van der Waals surface area contributed by atoms with Crippen molar-refractivity contribution in [1.29, 1.82) is 0 Å². The van der Waals surface area contributed by atoms with E-state index >= 15 is 0 Å². The van der Waals surface area contributed by atoms with Crippen LogP contribution in [0.4, 0.5) is 0 Å². The zero-order valence-electron chi connectivity index (χ0n) is 9.97. The third-order valence-electron chi connectivity index (χ3n) is 3.36. The summed E-state index contributed by atoms with van der Waals surface area (Å²) in [7, 11) is 0. The second-order valence-corrected chi connectivity index (χ2v) is 4.51. The van der Waals surface area contributed by atoms with E-state index in [2.05, 4.69) is 22.4 Å². The van der Waals surface area contributed by atoms with Gasteiger partial charge in [-0.05, 0) is 36.1 Å². The van der Waals surface area contributed by atoms with Crippen LogP contribution in [0, 0.1) is 0 Å². The molecular weight excluding hydrogens is 224 g/mol. The fraction of sp³-hybridized carbons (Fsp3) is 0.200. The number of aromatic nitrogens is 1. The standard InChI is InChI=1S/C15H14N2O/c18-15(12-5-3-9-16-10-12)17-14-8-7-11-4-1-2-6-13(11)14/h1-6,9-10,14H,7-8H2,(H,17,18). The van der Waals surface area contributed by atoms with Gasteiger partial charge in [-0.15, -0.1) is 0 Å². The molecule has 1 aromatic heterocycles. The Balaban J connectivity index is 1.77. The van der Waals surface area contributed by atoms with Gasteiger partial charge in [0.25, 0.3) is 5.91 Å². The van der Waals surface area contributed by atoms with E-state index < -0.39 is 0 Å². The van der Waals surface area contributed by atoms with E-state index in [1.54, 1.807) is 24.5 Å². The first-order chi connectivity index (χ1) is 8.84. The quantitative estimate of drug-likeness (QED) is 0.873. The van der Waals surface area contributed by atoms with E-state index in [1.165, 1.54) is 11.1 Å². The molecule has 1 heterocycles.